The van der Waals surface area contributed by atoms with Gasteiger partial charge in [-0.25, -0.2) is 4.79 Å². The van der Waals surface area contributed by atoms with Gasteiger partial charge in [0.05, 0.1) is 12.2 Å². The van der Waals surface area contributed by atoms with Gasteiger partial charge in [-0.1, -0.05) is 41.7 Å². The molecular formula is C16H21Cl3N2O3S. The fourth-order valence-corrected chi connectivity index (χ4v) is 4.31. The minimum absolute atomic E-state index is 0.255. The van der Waals surface area contributed by atoms with E-state index in [0.717, 1.165) is 36.1 Å². The average molecular weight is 428 g/mol. The zero-order chi connectivity index (χ0) is 18.6. The van der Waals surface area contributed by atoms with Gasteiger partial charge in [-0.3, -0.25) is 4.79 Å². The first kappa shape index (κ1) is 20.6. The topological polar surface area (TPSA) is 67.4 Å². The van der Waals surface area contributed by atoms with Crippen LogP contribution < -0.4 is 10.6 Å². The second kappa shape index (κ2) is 8.80. The number of carbonyl (C=O) groups excluding carboxylic acids is 2. The maximum absolute atomic E-state index is 12.5. The third-order valence-electron chi connectivity index (χ3n) is 3.88. The van der Waals surface area contributed by atoms with Crippen LogP contribution in [0.25, 0.3) is 0 Å². The van der Waals surface area contributed by atoms with Gasteiger partial charge >= 0.3 is 5.97 Å². The highest BCUT2D eigenvalue weighted by Gasteiger charge is 2.36. The number of thiophene rings is 1. The van der Waals surface area contributed by atoms with Gasteiger partial charge in [0.2, 0.25) is 9.70 Å². The number of nitrogens with one attached hydrogen (secondary N) is 2. The number of esters is 1. The van der Waals surface area contributed by atoms with Crippen molar-refractivity contribution in [2.75, 3.05) is 11.9 Å². The predicted molar refractivity (Wildman–Crippen MR) is 103 cm³/mol. The van der Waals surface area contributed by atoms with Crippen LogP contribution in [-0.4, -0.2) is 28.4 Å². The van der Waals surface area contributed by atoms with Crippen LogP contribution in [0.4, 0.5) is 5.00 Å². The van der Waals surface area contributed by atoms with Crippen molar-refractivity contribution < 1.29 is 14.3 Å². The molecule has 0 saturated carbocycles. The lowest BCUT2D eigenvalue weighted by Gasteiger charge is -2.27. The molecule has 9 heteroatoms. The van der Waals surface area contributed by atoms with E-state index in [2.05, 4.69) is 10.6 Å². The van der Waals surface area contributed by atoms with Crippen LogP contribution in [0.3, 0.4) is 0 Å². The lowest BCUT2D eigenvalue weighted by Crippen LogP contribution is -2.49. The Bertz CT molecular complexity index is 643. The zero-order valence-electron chi connectivity index (χ0n) is 14.1. The Morgan fingerprint density at radius 2 is 1.92 bits per heavy atom. The molecule has 1 aliphatic rings. The molecule has 0 fully saturated rings. The van der Waals surface area contributed by atoms with Gasteiger partial charge in [-0.05, 0) is 38.2 Å². The number of aryl methyl sites for hydroxylation is 1. The summed E-state index contributed by atoms with van der Waals surface area (Å²) >= 11 is 19.5. The van der Waals surface area contributed by atoms with Crippen LogP contribution in [0.5, 0.6) is 0 Å². The maximum Gasteiger partial charge on any atom is 0.341 e. The summed E-state index contributed by atoms with van der Waals surface area (Å²) in [6.45, 7) is 3.75. The first-order valence-electron chi connectivity index (χ1n) is 8.22. The van der Waals surface area contributed by atoms with Crippen molar-refractivity contribution in [3.05, 3.63) is 16.0 Å². The largest absolute Gasteiger partial charge is 0.462 e. The summed E-state index contributed by atoms with van der Waals surface area (Å²) in [4.78, 5) is 25.4. The average Bonchev–Trinajstić information content (AvgIpc) is 2.91. The summed E-state index contributed by atoms with van der Waals surface area (Å²) in [5.41, 5.74) is 1.49. The van der Waals surface area contributed by atoms with E-state index in [1.165, 1.54) is 11.3 Å². The van der Waals surface area contributed by atoms with Crippen molar-refractivity contribution in [2.45, 2.75) is 55.9 Å². The molecule has 140 valence electrons. The standard InChI is InChI=1S/C16H21Cl3N2O3S/c1-3-11(22)20-15(16(17,18)19)21-13-12(14(23)24-4-2)9-7-5-6-8-10(9)25-13/h15,21H,3-8H2,1-2H3,(H,20,22). The van der Waals surface area contributed by atoms with Crippen molar-refractivity contribution in [1.29, 1.82) is 0 Å². The fraction of sp³-hybridized carbons (Fsp3) is 0.625. The van der Waals surface area contributed by atoms with Crippen LogP contribution in [0.15, 0.2) is 0 Å². The summed E-state index contributed by atoms with van der Waals surface area (Å²) in [5, 5.41) is 6.25. The fourth-order valence-electron chi connectivity index (χ4n) is 2.68. The summed E-state index contributed by atoms with van der Waals surface area (Å²) in [7, 11) is 0. The second-order valence-electron chi connectivity index (χ2n) is 5.68. The molecule has 1 amide bonds. The molecule has 0 aliphatic heterocycles. The molecule has 1 atom stereocenters. The van der Waals surface area contributed by atoms with Gasteiger partial charge in [-0.15, -0.1) is 11.3 Å². The van der Waals surface area contributed by atoms with Gasteiger partial charge in [0.15, 0.2) is 0 Å². The number of fused-ring (bicyclic) bond motifs is 1. The Balaban J connectivity index is 2.37. The summed E-state index contributed by atoms with van der Waals surface area (Å²) in [6, 6.07) is 0. The van der Waals surface area contributed by atoms with Crippen LogP contribution >= 0.6 is 46.1 Å². The molecule has 0 aromatic carbocycles. The molecule has 1 aliphatic carbocycles. The van der Waals surface area contributed by atoms with E-state index in [-0.39, 0.29) is 18.9 Å². The van der Waals surface area contributed by atoms with E-state index in [1.807, 2.05) is 0 Å². The van der Waals surface area contributed by atoms with E-state index in [1.54, 1.807) is 13.8 Å². The summed E-state index contributed by atoms with van der Waals surface area (Å²) in [5.74, 6) is -0.655. The molecule has 1 heterocycles. The van der Waals surface area contributed by atoms with Crippen LogP contribution in [-0.2, 0) is 22.4 Å². The lowest BCUT2D eigenvalue weighted by molar-refractivity contribution is -0.121. The highest BCUT2D eigenvalue weighted by molar-refractivity contribution is 7.16. The molecule has 0 saturated heterocycles. The molecule has 5 nitrogen and oxygen atoms in total. The number of hydrogen-bond donors (Lipinski definition) is 2. The number of hydrogen-bond acceptors (Lipinski definition) is 5. The van der Waals surface area contributed by atoms with E-state index in [0.29, 0.717) is 10.6 Å². The lowest BCUT2D eigenvalue weighted by atomic mass is 9.95. The molecule has 0 radical (unpaired) electrons. The van der Waals surface area contributed by atoms with E-state index >= 15 is 0 Å². The van der Waals surface area contributed by atoms with Crippen molar-refractivity contribution in [3.8, 4) is 0 Å². The highest BCUT2D eigenvalue weighted by atomic mass is 35.6. The molecule has 0 spiro atoms. The number of anilines is 1. The molecule has 1 aromatic heterocycles. The van der Waals surface area contributed by atoms with Crippen molar-refractivity contribution in [3.63, 3.8) is 0 Å². The second-order valence-corrected chi connectivity index (χ2v) is 9.15. The number of ether oxygens (including phenoxy) is 1. The van der Waals surface area contributed by atoms with Crippen LogP contribution in [0.1, 0.15) is 53.9 Å². The predicted octanol–water partition coefficient (Wildman–Crippen LogP) is 4.44. The van der Waals surface area contributed by atoms with Crippen molar-refractivity contribution in [1.82, 2.24) is 5.32 Å². The normalized spacial score (nSPS) is 15.2. The summed E-state index contributed by atoms with van der Waals surface area (Å²) in [6.07, 6.45) is 3.13. The first-order valence-corrected chi connectivity index (χ1v) is 10.2. The van der Waals surface area contributed by atoms with Gasteiger partial charge < -0.3 is 15.4 Å². The quantitative estimate of drug-likeness (QED) is 0.400. The number of rotatable bonds is 6. The SMILES string of the molecule is CCOC(=O)c1c(NC(NC(=O)CC)C(Cl)(Cl)Cl)sc2c1CCCC2. The molecular weight excluding hydrogens is 407 g/mol. The number of carbonyl (C=O) groups is 2. The van der Waals surface area contributed by atoms with Crippen LogP contribution in [0.2, 0.25) is 0 Å². The molecule has 1 aromatic rings. The van der Waals surface area contributed by atoms with Crippen molar-refractivity contribution in [2.24, 2.45) is 0 Å². The maximum atomic E-state index is 12.5. The molecule has 0 bridgehead atoms. The van der Waals surface area contributed by atoms with Gasteiger partial charge in [0, 0.05) is 11.3 Å². The molecule has 2 N–H and O–H groups in total. The number of halogens is 3. The van der Waals surface area contributed by atoms with E-state index in [9.17, 15) is 9.59 Å². The zero-order valence-corrected chi connectivity index (χ0v) is 17.2. The smallest absolute Gasteiger partial charge is 0.341 e. The third-order valence-corrected chi connectivity index (χ3v) is 5.76. The Kier molecular flexibility index (Phi) is 7.26. The monoisotopic (exact) mass is 426 g/mol. The number of alkyl halides is 3. The summed E-state index contributed by atoms with van der Waals surface area (Å²) < 4.78 is 3.43. The van der Waals surface area contributed by atoms with E-state index in [4.69, 9.17) is 39.5 Å². The van der Waals surface area contributed by atoms with Gasteiger partial charge in [-0.2, -0.15) is 0 Å². The minimum Gasteiger partial charge on any atom is -0.462 e. The molecule has 2 rings (SSSR count). The van der Waals surface area contributed by atoms with Crippen molar-refractivity contribution >= 4 is 63.0 Å². The molecule has 1 unspecified atom stereocenters. The Labute approximate surface area is 166 Å². The Morgan fingerprint density at radius 3 is 2.52 bits per heavy atom. The van der Waals surface area contributed by atoms with E-state index < -0.39 is 15.9 Å². The molecule has 25 heavy (non-hydrogen) atoms. The van der Waals surface area contributed by atoms with Gasteiger partial charge in [0.1, 0.15) is 11.2 Å². The number of amides is 1. The third kappa shape index (κ3) is 5.16. The Morgan fingerprint density at radius 1 is 1.24 bits per heavy atom. The van der Waals surface area contributed by atoms with Crippen LogP contribution in [0, 0.1) is 0 Å². The Hall–Kier alpha value is -0.690. The first-order chi connectivity index (χ1) is 11.8. The van der Waals surface area contributed by atoms with Gasteiger partial charge in [0.25, 0.3) is 0 Å². The highest BCUT2D eigenvalue weighted by Crippen LogP contribution is 2.40. The minimum atomic E-state index is -1.78.